The van der Waals surface area contributed by atoms with Gasteiger partial charge in [-0.3, -0.25) is 5.73 Å². The fraction of sp³-hybridized carbons (Fsp3) is 0.862. The number of aliphatic carboxylic acids is 1. The van der Waals surface area contributed by atoms with Crippen molar-refractivity contribution in [3.05, 3.63) is 12.4 Å². The van der Waals surface area contributed by atoms with E-state index < -0.39 is 5.97 Å². The van der Waals surface area contributed by atoms with E-state index in [0.29, 0.717) is 0 Å². The highest BCUT2D eigenvalue weighted by Gasteiger charge is 2.40. The van der Waals surface area contributed by atoms with Gasteiger partial charge in [-0.2, -0.15) is 0 Å². The van der Waals surface area contributed by atoms with Crippen molar-refractivity contribution >= 4 is 11.8 Å². The molecule has 5 heteroatoms. The summed E-state index contributed by atoms with van der Waals surface area (Å²) in [6.45, 7) is 4.13. The Morgan fingerprint density at radius 1 is 0.794 bits per heavy atom. The molecule has 2 atom stereocenters. The molecular formula is C29H56N3O2+. The summed E-state index contributed by atoms with van der Waals surface area (Å²) in [5.41, 5.74) is 6.13. The summed E-state index contributed by atoms with van der Waals surface area (Å²) in [5.74, 6) is 0.0693. The minimum atomic E-state index is -0.833. The third-order valence-electron chi connectivity index (χ3n) is 7.41. The van der Waals surface area contributed by atoms with Crippen molar-refractivity contribution in [3.8, 4) is 0 Å². The molecule has 0 fully saturated rings. The summed E-state index contributed by atoms with van der Waals surface area (Å²) in [6, 6.07) is 0. The third kappa shape index (κ3) is 13.6. The number of hydrogen-bond acceptors (Lipinski definition) is 3. The number of carboxylic acid groups (broad SMARTS) is 1. The van der Waals surface area contributed by atoms with Crippen molar-refractivity contribution in [1.82, 2.24) is 0 Å². The molecule has 0 saturated carbocycles. The molecule has 0 aromatic heterocycles. The van der Waals surface area contributed by atoms with Gasteiger partial charge in [-0.05, 0) is 6.42 Å². The topological polar surface area (TPSA) is 75.7 Å². The van der Waals surface area contributed by atoms with Crippen LogP contribution in [0.2, 0.25) is 0 Å². The average Bonchev–Trinajstić information content (AvgIpc) is 3.20. The maximum absolute atomic E-state index is 11.3. The van der Waals surface area contributed by atoms with Crippen molar-refractivity contribution < 1.29 is 14.4 Å². The fourth-order valence-electron chi connectivity index (χ4n) is 5.13. The standard InChI is InChI=1S/C29H55N3O2/c1-3-4-5-6-7-8-9-10-11-12-13-14-15-16-17-18-19-20-21-22-23-28-31-24-25-32(28,27(2)30)26-29(33)34/h24-25,27H,3-23,26,30H2,1-2H3/p+1. The number of rotatable bonds is 24. The van der Waals surface area contributed by atoms with Crippen LogP contribution in [0.4, 0.5) is 0 Å². The highest BCUT2D eigenvalue weighted by Crippen LogP contribution is 2.23. The molecule has 0 aromatic rings. The Bertz CT molecular complexity index is 574. The van der Waals surface area contributed by atoms with Crippen LogP contribution in [0.1, 0.15) is 149 Å². The van der Waals surface area contributed by atoms with Gasteiger partial charge in [0.25, 0.3) is 0 Å². The first-order chi connectivity index (χ1) is 16.5. The Hall–Kier alpha value is -1.20. The van der Waals surface area contributed by atoms with E-state index in [4.69, 9.17) is 5.73 Å². The largest absolute Gasteiger partial charge is 0.477 e. The minimum absolute atomic E-state index is 0.0216. The molecule has 1 aliphatic rings. The zero-order valence-corrected chi connectivity index (χ0v) is 22.6. The molecule has 0 aliphatic carbocycles. The second-order valence-corrected chi connectivity index (χ2v) is 10.5. The molecule has 198 valence electrons. The summed E-state index contributed by atoms with van der Waals surface area (Å²) in [7, 11) is 0. The van der Waals surface area contributed by atoms with E-state index in [1.165, 1.54) is 122 Å². The molecule has 1 aliphatic heterocycles. The van der Waals surface area contributed by atoms with E-state index in [1.54, 1.807) is 6.20 Å². The van der Waals surface area contributed by atoms with Crippen molar-refractivity contribution in [2.24, 2.45) is 10.7 Å². The molecule has 3 N–H and O–H groups in total. The summed E-state index contributed by atoms with van der Waals surface area (Å²) in [5, 5.41) is 9.29. The van der Waals surface area contributed by atoms with Crippen LogP contribution in [-0.4, -0.2) is 34.1 Å². The van der Waals surface area contributed by atoms with Gasteiger partial charge >= 0.3 is 5.97 Å². The quantitative estimate of drug-likeness (QED) is 0.108. The molecule has 1 rings (SSSR count). The van der Waals surface area contributed by atoms with Crippen molar-refractivity contribution in [3.63, 3.8) is 0 Å². The highest BCUT2D eigenvalue weighted by molar-refractivity contribution is 5.81. The summed E-state index contributed by atoms with van der Waals surface area (Å²) in [4.78, 5) is 15.8. The molecule has 0 spiro atoms. The lowest BCUT2D eigenvalue weighted by molar-refractivity contribution is -0.805. The normalized spacial score (nSPS) is 18.4. The van der Waals surface area contributed by atoms with E-state index in [2.05, 4.69) is 11.9 Å². The van der Waals surface area contributed by atoms with Gasteiger partial charge < -0.3 is 5.11 Å². The molecule has 0 bridgehead atoms. The van der Waals surface area contributed by atoms with Gasteiger partial charge in [-0.15, -0.1) is 0 Å². The second-order valence-electron chi connectivity index (χ2n) is 10.5. The zero-order chi connectivity index (χ0) is 24.9. The van der Waals surface area contributed by atoms with Gasteiger partial charge in [0.05, 0.1) is 6.20 Å². The van der Waals surface area contributed by atoms with E-state index in [9.17, 15) is 9.90 Å². The Kier molecular flexibility index (Phi) is 18.2. The lowest BCUT2D eigenvalue weighted by Crippen LogP contribution is -2.59. The van der Waals surface area contributed by atoms with E-state index in [1.807, 2.05) is 13.1 Å². The monoisotopic (exact) mass is 478 g/mol. The van der Waals surface area contributed by atoms with E-state index in [0.717, 1.165) is 18.7 Å². The number of quaternary nitrogens is 1. The molecule has 0 radical (unpaired) electrons. The van der Waals surface area contributed by atoms with Crippen molar-refractivity contribution in [2.45, 2.75) is 155 Å². The average molecular weight is 479 g/mol. The third-order valence-corrected chi connectivity index (χ3v) is 7.41. The van der Waals surface area contributed by atoms with Gasteiger partial charge in [-0.25, -0.2) is 14.3 Å². The number of carboxylic acids is 1. The minimum Gasteiger partial charge on any atom is -0.477 e. The smallest absolute Gasteiger partial charge is 0.360 e. The summed E-state index contributed by atoms with van der Waals surface area (Å²) < 4.78 is 0.175. The van der Waals surface area contributed by atoms with Crippen LogP contribution in [0.5, 0.6) is 0 Å². The number of hydrogen-bond donors (Lipinski definition) is 2. The van der Waals surface area contributed by atoms with Crippen LogP contribution in [0.25, 0.3) is 0 Å². The second kappa shape index (κ2) is 20.0. The lowest BCUT2D eigenvalue weighted by Gasteiger charge is -2.34. The number of unbranched alkanes of at least 4 members (excludes halogenated alkanes) is 19. The highest BCUT2D eigenvalue weighted by atomic mass is 16.4. The van der Waals surface area contributed by atoms with Gasteiger partial charge in [0.1, 0.15) is 12.4 Å². The molecular weight excluding hydrogens is 422 g/mol. The molecule has 1 heterocycles. The SMILES string of the molecule is CCCCCCCCCCCCCCCCCCCCCCC1=NC=C[N+]1(CC(=O)O)C(C)N. The number of nitrogens with two attached hydrogens (primary N) is 1. The van der Waals surface area contributed by atoms with Crippen molar-refractivity contribution in [2.75, 3.05) is 6.54 Å². The number of aliphatic imine (C=N–C) groups is 1. The van der Waals surface area contributed by atoms with Gasteiger partial charge in [0.15, 0.2) is 6.54 Å². The van der Waals surface area contributed by atoms with Crippen LogP contribution in [0, 0.1) is 0 Å². The van der Waals surface area contributed by atoms with Gasteiger partial charge in [-0.1, -0.05) is 129 Å². The Morgan fingerprint density at radius 3 is 1.53 bits per heavy atom. The predicted octanol–water partition coefficient (Wildman–Crippen LogP) is 8.29. The van der Waals surface area contributed by atoms with E-state index in [-0.39, 0.29) is 17.2 Å². The van der Waals surface area contributed by atoms with Crippen LogP contribution >= 0.6 is 0 Å². The fourth-order valence-corrected chi connectivity index (χ4v) is 5.13. The van der Waals surface area contributed by atoms with Crippen LogP contribution < -0.4 is 5.73 Å². The zero-order valence-electron chi connectivity index (χ0n) is 22.6. The Morgan fingerprint density at radius 2 is 1.18 bits per heavy atom. The first-order valence-corrected chi connectivity index (χ1v) is 14.6. The van der Waals surface area contributed by atoms with Gasteiger partial charge in [0.2, 0.25) is 5.84 Å². The molecule has 0 amide bonds. The Labute approximate surface area is 210 Å². The number of amidine groups is 1. The van der Waals surface area contributed by atoms with Gasteiger partial charge in [0, 0.05) is 13.3 Å². The van der Waals surface area contributed by atoms with E-state index >= 15 is 0 Å². The Balaban J connectivity index is 1.88. The molecule has 0 saturated heterocycles. The molecule has 0 aromatic carbocycles. The number of carbonyl (C=O) groups is 1. The van der Waals surface area contributed by atoms with Crippen LogP contribution in [-0.2, 0) is 4.79 Å². The summed E-state index contributed by atoms with van der Waals surface area (Å²) >= 11 is 0. The predicted molar refractivity (Wildman–Crippen MR) is 146 cm³/mol. The van der Waals surface area contributed by atoms with Crippen LogP contribution in [0.15, 0.2) is 17.4 Å². The summed E-state index contributed by atoms with van der Waals surface area (Å²) in [6.07, 6.45) is 31.6. The maximum atomic E-state index is 11.3. The first-order valence-electron chi connectivity index (χ1n) is 14.6. The van der Waals surface area contributed by atoms with Crippen LogP contribution in [0.3, 0.4) is 0 Å². The molecule has 34 heavy (non-hydrogen) atoms. The maximum Gasteiger partial charge on any atom is 0.360 e. The van der Waals surface area contributed by atoms with Crippen molar-refractivity contribution in [1.29, 1.82) is 0 Å². The first kappa shape index (κ1) is 30.8. The molecule has 5 nitrogen and oxygen atoms in total. The molecule has 2 unspecified atom stereocenters. The number of nitrogens with zero attached hydrogens (tertiary/aromatic N) is 2. The lowest BCUT2D eigenvalue weighted by atomic mass is 10.0.